The van der Waals surface area contributed by atoms with Gasteiger partial charge in [0, 0.05) is 16.5 Å². The Labute approximate surface area is 148 Å². The Balaban J connectivity index is 2.06. The number of benzene rings is 2. The number of amides is 1. The van der Waals surface area contributed by atoms with Crippen molar-refractivity contribution in [3.05, 3.63) is 70.1 Å². The van der Waals surface area contributed by atoms with Gasteiger partial charge < -0.3 is 0 Å². The first-order valence-corrected chi connectivity index (χ1v) is 7.95. The largest absolute Gasteiger partial charge is 0.291 e. The first-order chi connectivity index (χ1) is 12.0. The highest BCUT2D eigenvalue weighted by molar-refractivity contribution is 6.31. The third-order valence-corrected chi connectivity index (χ3v) is 4.16. The van der Waals surface area contributed by atoms with E-state index in [4.69, 9.17) is 17.4 Å². The summed E-state index contributed by atoms with van der Waals surface area (Å²) in [5.74, 6) is 4.28. The second kappa shape index (κ2) is 7.04. The van der Waals surface area contributed by atoms with Gasteiger partial charge >= 0.3 is 0 Å². The molecule has 0 saturated carbocycles. The van der Waals surface area contributed by atoms with Gasteiger partial charge in [0.15, 0.2) is 0 Å². The second-order valence-corrected chi connectivity index (χ2v) is 6.05. The molecule has 3 rings (SSSR count). The predicted molar refractivity (Wildman–Crippen MR) is 96.3 cm³/mol. The van der Waals surface area contributed by atoms with E-state index in [0.29, 0.717) is 17.3 Å². The number of fused-ring (bicyclic) bond motifs is 1. The highest BCUT2D eigenvalue weighted by Gasteiger charge is 2.11. The summed E-state index contributed by atoms with van der Waals surface area (Å²) >= 11 is 6.13. The molecule has 7 heteroatoms. The number of carbonyl (C=O) groups excluding carboxylic acids is 1. The first kappa shape index (κ1) is 17.1. The maximum Gasteiger partial charge on any atom is 0.257 e. The molecule has 128 valence electrons. The van der Waals surface area contributed by atoms with Crippen LogP contribution in [0.25, 0.3) is 17.0 Å². The number of hydrogen-bond donors (Lipinski definition) is 2. The lowest BCUT2D eigenvalue weighted by Crippen LogP contribution is -2.27. The van der Waals surface area contributed by atoms with Crippen molar-refractivity contribution >= 4 is 34.5 Å². The number of rotatable bonds is 4. The van der Waals surface area contributed by atoms with Crippen LogP contribution in [0.3, 0.4) is 0 Å². The Morgan fingerprint density at radius 2 is 2.16 bits per heavy atom. The Bertz CT molecular complexity index is 981. The molecule has 3 aromatic rings. The first-order valence-electron chi connectivity index (χ1n) is 7.57. The number of aryl methyl sites for hydroxylation is 1. The average Bonchev–Trinajstić information content (AvgIpc) is 2.92. The van der Waals surface area contributed by atoms with Crippen LogP contribution in [0.1, 0.15) is 16.8 Å². The van der Waals surface area contributed by atoms with E-state index in [1.165, 1.54) is 18.2 Å². The smallest absolute Gasteiger partial charge is 0.257 e. The van der Waals surface area contributed by atoms with Crippen molar-refractivity contribution in [2.75, 3.05) is 0 Å². The molecule has 0 atom stereocenters. The topological polar surface area (TPSA) is 72.9 Å². The number of carbonyl (C=O) groups is 1. The van der Waals surface area contributed by atoms with Gasteiger partial charge in [-0.1, -0.05) is 29.8 Å². The zero-order valence-corrected chi connectivity index (χ0v) is 14.2. The van der Waals surface area contributed by atoms with E-state index in [1.54, 1.807) is 16.8 Å². The van der Waals surface area contributed by atoms with Crippen LogP contribution < -0.4 is 11.3 Å². The molecule has 2 aromatic carbocycles. The summed E-state index contributed by atoms with van der Waals surface area (Å²) in [4.78, 5) is 11.3. The van der Waals surface area contributed by atoms with Gasteiger partial charge in [-0.15, -0.1) is 0 Å². The Hall–Kier alpha value is -2.70. The summed E-state index contributed by atoms with van der Waals surface area (Å²) in [6.45, 7) is 2.37. The van der Waals surface area contributed by atoms with Crippen LogP contribution in [0, 0.1) is 12.7 Å². The SMILES string of the molecule is Cc1ccc2c(/C=C/C(=O)NN)nn(Cc3ccc(F)cc3Cl)c2c1. The molecular weight excluding hydrogens is 343 g/mol. The van der Waals surface area contributed by atoms with Crippen LogP contribution in [0.15, 0.2) is 42.5 Å². The number of hydrazine groups is 1. The summed E-state index contributed by atoms with van der Waals surface area (Å²) in [6, 6.07) is 10.2. The molecule has 5 nitrogen and oxygen atoms in total. The van der Waals surface area contributed by atoms with Crippen LogP contribution in [0.2, 0.25) is 5.02 Å². The lowest BCUT2D eigenvalue weighted by molar-refractivity contribution is -0.116. The highest BCUT2D eigenvalue weighted by atomic mass is 35.5. The van der Waals surface area contributed by atoms with E-state index in [-0.39, 0.29) is 5.82 Å². The summed E-state index contributed by atoms with van der Waals surface area (Å²) in [6.07, 6.45) is 2.92. The van der Waals surface area contributed by atoms with Gasteiger partial charge in [-0.25, -0.2) is 10.2 Å². The molecule has 0 unspecified atom stereocenters. The normalized spacial score (nSPS) is 11.4. The minimum atomic E-state index is -0.420. The number of hydrogen-bond acceptors (Lipinski definition) is 3. The van der Waals surface area contributed by atoms with E-state index >= 15 is 0 Å². The van der Waals surface area contributed by atoms with E-state index < -0.39 is 5.91 Å². The summed E-state index contributed by atoms with van der Waals surface area (Å²) in [5.41, 5.74) is 5.40. The molecule has 25 heavy (non-hydrogen) atoms. The van der Waals surface area contributed by atoms with E-state index in [2.05, 4.69) is 5.10 Å². The van der Waals surface area contributed by atoms with Crippen molar-refractivity contribution < 1.29 is 9.18 Å². The number of halogens is 2. The number of nitrogens with one attached hydrogen (secondary N) is 1. The van der Waals surface area contributed by atoms with Crippen LogP contribution in [-0.4, -0.2) is 15.7 Å². The third-order valence-electron chi connectivity index (χ3n) is 3.81. The molecule has 0 aliphatic heterocycles. The van der Waals surface area contributed by atoms with Gasteiger partial charge in [0.25, 0.3) is 5.91 Å². The maximum absolute atomic E-state index is 13.2. The molecule has 3 N–H and O–H groups in total. The Morgan fingerprint density at radius 1 is 1.36 bits per heavy atom. The third kappa shape index (κ3) is 3.70. The molecule has 0 aliphatic rings. The average molecular weight is 359 g/mol. The van der Waals surface area contributed by atoms with Gasteiger partial charge in [-0.2, -0.15) is 5.10 Å². The standard InChI is InChI=1S/C18H16ClFN4O/c1-11-2-5-14-16(6-7-18(25)22-21)23-24(17(14)8-11)10-12-3-4-13(20)9-15(12)19/h2-9H,10,21H2,1H3,(H,22,25)/b7-6+. The van der Waals surface area contributed by atoms with Crippen molar-refractivity contribution in [1.82, 2.24) is 15.2 Å². The van der Waals surface area contributed by atoms with Gasteiger partial charge in [0.1, 0.15) is 5.82 Å². The lowest BCUT2D eigenvalue weighted by Gasteiger charge is -2.06. The van der Waals surface area contributed by atoms with Crippen molar-refractivity contribution in [1.29, 1.82) is 0 Å². The van der Waals surface area contributed by atoms with Crippen molar-refractivity contribution in [2.24, 2.45) is 5.84 Å². The Morgan fingerprint density at radius 3 is 2.88 bits per heavy atom. The monoisotopic (exact) mass is 358 g/mol. The Kier molecular flexibility index (Phi) is 4.83. The summed E-state index contributed by atoms with van der Waals surface area (Å²) < 4.78 is 15.0. The van der Waals surface area contributed by atoms with Crippen molar-refractivity contribution in [3.63, 3.8) is 0 Å². The molecule has 0 saturated heterocycles. The molecule has 0 bridgehead atoms. The number of aromatic nitrogens is 2. The van der Waals surface area contributed by atoms with Gasteiger partial charge in [0.2, 0.25) is 0 Å². The molecular formula is C18H16ClFN4O. The van der Waals surface area contributed by atoms with E-state index in [9.17, 15) is 9.18 Å². The van der Waals surface area contributed by atoms with Crippen LogP contribution in [-0.2, 0) is 11.3 Å². The summed E-state index contributed by atoms with van der Waals surface area (Å²) in [7, 11) is 0. The minimum Gasteiger partial charge on any atom is -0.291 e. The highest BCUT2D eigenvalue weighted by Crippen LogP contribution is 2.24. The predicted octanol–water partition coefficient (Wildman–Crippen LogP) is 3.19. The molecule has 0 spiro atoms. The van der Waals surface area contributed by atoms with Crippen LogP contribution >= 0.6 is 11.6 Å². The molecule has 0 radical (unpaired) electrons. The van der Waals surface area contributed by atoms with Crippen molar-refractivity contribution in [3.8, 4) is 0 Å². The molecule has 1 aromatic heterocycles. The fraction of sp³-hybridized carbons (Fsp3) is 0.111. The molecule has 1 amide bonds. The van der Waals surface area contributed by atoms with Gasteiger partial charge in [0.05, 0.1) is 17.8 Å². The molecule has 1 heterocycles. The fourth-order valence-electron chi connectivity index (χ4n) is 2.57. The molecule has 0 fully saturated rings. The fourth-order valence-corrected chi connectivity index (χ4v) is 2.79. The van der Waals surface area contributed by atoms with E-state index in [0.717, 1.165) is 22.0 Å². The molecule has 0 aliphatic carbocycles. The minimum absolute atomic E-state index is 0.343. The van der Waals surface area contributed by atoms with Gasteiger partial charge in [-0.3, -0.25) is 14.9 Å². The van der Waals surface area contributed by atoms with Crippen LogP contribution in [0.5, 0.6) is 0 Å². The lowest BCUT2D eigenvalue weighted by atomic mass is 10.1. The quantitative estimate of drug-likeness (QED) is 0.325. The van der Waals surface area contributed by atoms with Crippen molar-refractivity contribution in [2.45, 2.75) is 13.5 Å². The summed E-state index contributed by atoms with van der Waals surface area (Å²) in [5, 5.41) is 5.79. The number of nitrogens with zero attached hydrogens (tertiary/aromatic N) is 2. The zero-order chi connectivity index (χ0) is 18.0. The number of nitrogens with two attached hydrogens (primary N) is 1. The van der Waals surface area contributed by atoms with Crippen LogP contribution in [0.4, 0.5) is 4.39 Å². The maximum atomic E-state index is 13.2. The second-order valence-electron chi connectivity index (χ2n) is 5.64. The van der Waals surface area contributed by atoms with Gasteiger partial charge in [-0.05, 0) is 42.3 Å². The van der Waals surface area contributed by atoms with E-state index in [1.807, 2.05) is 30.5 Å². The zero-order valence-electron chi connectivity index (χ0n) is 13.5.